The van der Waals surface area contributed by atoms with E-state index in [0.29, 0.717) is 0 Å². The summed E-state index contributed by atoms with van der Waals surface area (Å²) in [7, 11) is -2.44. The minimum absolute atomic E-state index is 0. The summed E-state index contributed by atoms with van der Waals surface area (Å²) in [5, 5.41) is 3.24. The molecule has 2 aromatic carbocycles. The van der Waals surface area contributed by atoms with E-state index < -0.39 is 15.8 Å². The molecule has 0 saturated heterocycles. The third-order valence-electron chi connectivity index (χ3n) is 3.80. The summed E-state index contributed by atoms with van der Waals surface area (Å²) in [5.41, 5.74) is 3.30. The number of halogens is 2. The first-order chi connectivity index (χ1) is 11.0. The van der Waals surface area contributed by atoms with Gasteiger partial charge in [0.1, 0.15) is 0 Å². The molecule has 130 valence electrons. The van der Waals surface area contributed by atoms with Crippen molar-refractivity contribution in [1.82, 2.24) is 10.0 Å². The van der Waals surface area contributed by atoms with Crippen LogP contribution < -0.4 is 14.8 Å². The van der Waals surface area contributed by atoms with Crippen LogP contribution >= 0.6 is 12.4 Å². The van der Waals surface area contributed by atoms with Crippen LogP contribution in [0.1, 0.15) is 16.7 Å². The van der Waals surface area contributed by atoms with E-state index in [4.69, 9.17) is 4.74 Å². The fourth-order valence-electron chi connectivity index (χ4n) is 2.53. The van der Waals surface area contributed by atoms with Gasteiger partial charge in [0.2, 0.25) is 10.0 Å². The first-order valence-corrected chi connectivity index (χ1v) is 8.62. The Hall–Kier alpha value is -1.67. The van der Waals surface area contributed by atoms with Gasteiger partial charge in [-0.2, -0.15) is 0 Å². The van der Waals surface area contributed by atoms with Gasteiger partial charge in [-0.25, -0.2) is 17.5 Å². The van der Waals surface area contributed by atoms with Crippen molar-refractivity contribution in [3.8, 4) is 5.75 Å². The summed E-state index contributed by atoms with van der Waals surface area (Å²) < 4.78 is 45.4. The number of ether oxygens (including phenoxy) is 1. The van der Waals surface area contributed by atoms with Crippen molar-refractivity contribution < 1.29 is 17.5 Å². The number of hydrogen-bond acceptors (Lipinski definition) is 4. The normalized spacial score (nSPS) is 13.2. The number of benzene rings is 2. The Morgan fingerprint density at radius 3 is 2.67 bits per heavy atom. The van der Waals surface area contributed by atoms with Gasteiger partial charge >= 0.3 is 0 Å². The van der Waals surface area contributed by atoms with Crippen molar-refractivity contribution in [3.05, 3.63) is 58.9 Å². The first kappa shape index (κ1) is 18.7. The molecule has 1 aliphatic heterocycles. The third kappa shape index (κ3) is 3.87. The largest absolute Gasteiger partial charge is 0.494 e. The van der Waals surface area contributed by atoms with Crippen LogP contribution in [-0.2, 0) is 29.7 Å². The second-order valence-electron chi connectivity index (χ2n) is 5.33. The zero-order chi connectivity index (χ0) is 16.4. The van der Waals surface area contributed by atoms with Crippen molar-refractivity contribution in [2.45, 2.75) is 24.5 Å². The van der Waals surface area contributed by atoms with Crippen LogP contribution in [0.2, 0.25) is 0 Å². The maximum atomic E-state index is 13.4. The Morgan fingerprint density at radius 2 is 1.92 bits per heavy atom. The van der Waals surface area contributed by atoms with Gasteiger partial charge in [-0.1, -0.05) is 18.2 Å². The summed E-state index contributed by atoms with van der Waals surface area (Å²) in [5.74, 6) is -0.700. The van der Waals surface area contributed by atoms with Crippen molar-refractivity contribution in [2.24, 2.45) is 0 Å². The van der Waals surface area contributed by atoms with Gasteiger partial charge in [-0.3, -0.25) is 0 Å². The molecule has 2 aromatic rings. The molecule has 0 aromatic heterocycles. The third-order valence-corrected chi connectivity index (χ3v) is 5.20. The van der Waals surface area contributed by atoms with E-state index in [1.54, 1.807) is 0 Å². The fourth-order valence-corrected chi connectivity index (χ4v) is 3.56. The Kier molecular flexibility index (Phi) is 5.82. The number of methoxy groups -OCH3 is 1. The van der Waals surface area contributed by atoms with Crippen molar-refractivity contribution in [1.29, 1.82) is 0 Å². The molecular formula is C16H18ClFN2O3S. The lowest BCUT2D eigenvalue weighted by Crippen LogP contribution is -2.23. The second kappa shape index (κ2) is 7.48. The van der Waals surface area contributed by atoms with E-state index >= 15 is 0 Å². The van der Waals surface area contributed by atoms with Crippen molar-refractivity contribution in [2.75, 3.05) is 7.11 Å². The van der Waals surface area contributed by atoms with E-state index in [1.165, 1.54) is 30.4 Å². The summed E-state index contributed by atoms with van der Waals surface area (Å²) in [6.45, 7) is 1.82. The summed E-state index contributed by atoms with van der Waals surface area (Å²) in [4.78, 5) is -0.0291. The molecular weight excluding hydrogens is 355 g/mol. The zero-order valence-electron chi connectivity index (χ0n) is 13.0. The number of sulfonamides is 1. The van der Waals surface area contributed by atoms with E-state index in [2.05, 4.69) is 10.0 Å². The topological polar surface area (TPSA) is 67.4 Å². The van der Waals surface area contributed by atoms with Gasteiger partial charge in [-0.05, 0) is 28.8 Å². The van der Waals surface area contributed by atoms with Gasteiger partial charge in [-0.15, -0.1) is 12.4 Å². The molecule has 0 spiro atoms. The smallest absolute Gasteiger partial charge is 0.241 e. The molecule has 24 heavy (non-hydrogen) atoms. The Bertz CT molecular complexity index is 843. The molecule has 5 nitrogen and oxygen atoms in total. The maximum Gasteiger partial charge on any atom is 0.241 e. The molecule has 0 aliphatic carbocycles. The molecule has 2 N–H and O–H groups in total. The Morgan fingerprint density at radius 1 is 1.17 bits per heavy atom. The lowest BCUT2D eigenvalue weighted by Gasteiger charge is -2.09. The number of rotatable bonds is 5. The van der Waals surface area contributed by atoms with Crippen LogP contribution in [0, 0.1) is 5.82 Å². The molecule has 0 radical (unpaired) electrons. The fraction of sp³-hybridized carbons (Fsp3) is 0.250. The van der Waals surface area contributed by atoms with E-state index in [1.807, 2.05) is 18.2 Å². The minimum atomic E-state index is -3.73. The average molecular weight is 373 g/mol. The monoisotopic (exact) mass is 372 g/mol. The highest BCUT2D eigenvalue weighted by Crippen LogP contribution is 2.22. The molecule has 3 rings (SSSR count). The van der Waals surface area contributed by atoms with Gasteiger partial charge in [0.25, 0.3) is 0 Å². The van der Waals surface area contributed by atoms with Crippen LogP contribution in [0.4, 0.5) is 4.39 Å². The van der Waals surface area contributed by atoms with Crippen LogP contribution in [-0.4, -0.2) is 15.5 Å². The second-order valence-corrected chi connectivity index (χ2v) is 7.09. The van der Waals surface area contributed by atoms with Crippen molar-refractivity contribution in [3.63, 3.8) is 0 Å². The lowest BCUT2D eigenvalue weighted by molar-refractivity contribution is 0.385. The van der Waals surface area contributed by atoms with Crippen LogP contribution in [0.3, 0.4) is 0 Å². The summed E-state index contributed by atoms with van der Waals surface area (Å²) in [6.07, 6.45) is 0. The van der Waals surface area contributed by atoms with Gasteiger partial charge < -0.3 is 10.1 Å². The van der Waals surface area contributed by atoms with Gasteiger partial charge in [0, 0.05) is 25.7 Å². The van der Waals surface area contributed by atoms with E-state index in [9.17, 15) is 12.8 Å². The van der Waals surface area contributed by atoms with E-state index in [-0.39, 0.29) is 29.6 Å². The van der Waals surface area contributed by atoms with Crippen LogP contribution in [0.5, 0.6) is 5.75 Å². The lowest BCUT2D eigenvalue weighted by atomic mass is 10.1. The molecule has 0 unspecified atom stereocenters. The highest BCUT2D eigenvalue weighted by molar-refractivity contribution is 7.89. The van der Waals surface area contributed by atoms with Crippen LogP contribution in [0.15, 0.2) is 41.3 Å². The molecule has 0 amide bonds. The minimum Gasteiger partial charge on any atom is -0.494 e. The molecule has 1 heterocycles. The summed E-state index contributed by atoms with van der Waals surface area (Å²) in [6, 6.07) is 9.36. The van der Waals surface area contributed by atoms with E-state index in [0.717, 1.165) is 24.7 Å². The summed E-state index contributed by atoms with van der Waals surface area (Å²) >= 11 is 0. The Labute approximate surface area is 146 Å². The Balaban J connectivity index is 0.00000208. The SMILES string of the molecule is COc1cc(S(=O)(=O)NCc2ccc3c(c2)CNC3)ccc1F.Cl. The number of fused-ring (bicyclic) bond motifs is 1. The van der Waals surface area contributed by atoms with Crippen molar-refractivity contribution >= 4 is 22.4 Å². The maximum absolute atomic E-state index is 13.4. The highest BCUT2D eigenvalue weighted by atomic mass is 35.5. The number of hydrogen-bond donors (Lipinski definition) is 2. The van der Waals surface area contributed by atoms with Crippen LogP contribution in [0.25, 0.3) is 0 Å². The first-order valence-electron chi connectivity index (χ1n) is 7.14. The standard InChI is InChI=1S/C16H17FN2O3S.ClH/c1-22-16-7-14(4-5-15(16)17)23(20,21)19-8-11-2-3-12-9-18-10-13(12)6-11;/h2-7,18-19H,8-10H2,1H3;1H. The zero-order valence-corrected chi connectivity index (χ0v) is 14.6. The van der Waals surface area contributed by atoms with Gasteiger partial charge in [0.15, 0.2) is 11.6 Å². The van der Waals surface area contributed by atoms with Gasteiger partial charge in [0.05, 0.1) is 12.0 Å². The molecule has 1 aliphatic rings. The highest BCUT2D eigenvalue weighted by Gasteiger charge is 2.17. The number of nitrogens with one attached hydrogen (secondary N) is 2. The molecule has 0 saturated carbocycles. The predicted octanol–water partition coefficient (Wildman–Crippen LogP) is 2.34. The molecule has 0 fully saturated rings. The molecule has 8 heteroatoms. The average Bonchev–Trinajstić information content (AvgIpc) is 3.01. The molecule has 0 atom stereocenters. The predicted molar refractivity (Wildman–Crippen MR) is 91.2 cm³/mol. The molecule has 0 bridgehead atoms. The quantitative estimate of drug-likeness (QED) is 0.845.